The first-order chi connectivity index (χ1) is 22.1. The van der Waals surface area contributed by atoms with E-state index in [-0.39, 0.29) is 35.6 Å². The maximum absolute atomic E-state index is 14.3. The molecule has 0 aliphatic carbocycles. The molecule has 0 spiro atoms. The van der Waals surface area contributed by atoms with Crippen molar-refractivity contribution in [2.45, 2.75) is 103 Å². The largest absolute Gasteiger partial charge is 0.474 e. The number of likely N-dealkylation sites (tertiary alicyclic amines) is 1. The van der Waals surface area contributed by atoms with Crippen molar-refractivity contribution < 1.29 is 28.3 Å². The Morgan fingerprint density at radius 2 is 1.64 bits per heavy atom. The average Bonchev–Trinajstić information content (AvgIpc) is 3.45. The van der Waals surface area contributed by atoms with Crippen molar-refractivity contribution >= 4 is 26.0 Å². The summed E-state index contributed by atoms with van der Waals surface area (Å²) in [5.41, 5.74) is 3.58. The van der Waals surface area contributed by atoms with E-state index in [1.165, 1.54) is 18.2 Å². The highest BCUT2D eigenvalue weighted by molar-refractivity contribution is 6.74. The van der Waals surface area contributed by atoms with Gasteiger partial charge in [-0.15, -0.1) is 0 Å². The number of amides is 1. The van der Waals surface area contributed by atoms with E-state index >= 15 is 0 Å². The summed E-state index contributed by atoms with van der Waals surface area (Å²) >= 11 is 0. The first-order valence-corrected chi connectivity index (χ1v) is 19.8. The molecule has 2 heterocycles. The summed E-state index contributed by atoms with van der Waals surface area (Å²) in [6, 6.07) is 17.4. The van der Waals surface area contributed by atoms with Crippen LogP contribution in [0.3, 0.4) is 0 Å². The summed E-state index contributed by atoms with van der Waals surface area (Å²) in [5.74, 6) is -1.05. The highest BCUT2D eigenvalue weighted by atomic mass is 28.4. The Balaban J connectivity index is 1.50. The van der Waals surface area contributed by atoms with E-state index in [1.807, 2.05) is 50.2 Å². The summed E-state index contributed by atoms with van der Waals surface area (Å²) in [6.45, 7) is 20.5. The van der Waals surface area contributed by atoms with Crippen LogP contribution in [0.4, 0.5) is 0 Å². The van der Waals surface area contributed by atoms with Gasteiger partial charge in [-0.2, -0.15) is 0 Å². The molecule has 2 aliphatic rings. The first kappa shape index (κ1) is 36.4. The lowest BCUT2D eigenvalue weighted by molar-refractivity contribution is -0.153. The predicted molar refractivity (Wildman–Crippen MR) is 187 cm³/mol. The van der Waals surface area contributed by atoms with Crippen LogP contribution >= 0.6 is 0 Å². The topological polar surface area (TPSA) is 85.4 Å². The second kappa shape index (κ2) is 15.2. The predicted octanol–water partition coefficient (Wildman–Crippen LogP) is 6.54. The smallest absolute Gasteiger partial charge is 0.328 e. The maximum Gasteiger partial charge on any atom is 0.328 e. The van der Waals surface area contributed by atoms with Gasteiger partial charge in [-0.3, -0.25) is 9.59 Å². The summed E-state index contributed by atoms with van der Waals surface area (Å²) in [4.78, 5) is 45.1. The lowest BCUT2D eigenvalue weighted by Crippen LogP contribution is -2.49. The van der Waals surface area contributed by atoms with Gasteiger partial charge in [0.05, 0.1) is 13.7 Å². The van der Waals surface area contributed by atoms with Gasteiger partial charge in [0, 0.05) is 38.3 Å². The lowest BCUT2D eigenvalue weighted by Gasteiger charge is -2.39. The Morgan fingerprint density at radius 3 is 2.26 bits per heavy atom. The molecule has 1 amide bonds. The summed E-state index contributed by atoms with van der Waals surface area (Å²) < 4.78 is 18.2. The number of fused-ring (bicyclic) bond motifs is 1. The van der Waals surface area contributed by atoms with Gasteiger partial charge >= 0.3 is 5.97 Å². The van der Waals surface area contributed by atoms with Crippen molar-refractivity contribution in [3.63, 3.8) is 0 Å². The molecule has 0 radical (unpaired) electrons. The van der Waals surface area contributed by atoms with Gasteiger partial charge in [-0.05, 0) is 53.7 Å². The Kier molecular flexibility index (Phi) is 11.8. The first-order valence-electron chi connectivity index (χ1n) is 16.9. The Hall–Kier alpha value is -3.43. The van der Waals surface area contributed by atoms with Gasteiger partial charge in [0.2, 0.25) is 5.91 Å². The van der Waals surface area contributed by atoms with E-state index < -0.39 is 38.5 Å². The Labute approximate surface area is 282 Å². The van der Waals surface area contributed by atoms with Crippen molar-refractivity contribution in [2.75, 3.05) is 20.2 Å². The van der Waals surface area contributed by atoms with Crippen LogP contribution in [-0.4, -0.2) is 74.2 Å². The zero-order valence-corrected chi connectivity index (χ0v) is 30.6. The molecule has 8 nitrogen and oxygen atoms in total. The molecule has 4 rings (SSSR count). The molecule has 256 valence electrons. The number of methoxy groups -OCH3 is 1. The van der Waals surface area contributed by atoms with Crippen molar-refractivity contribution in [3.8, 4) is 0 Å². The molecule has 9 heteroatoms. The molecule has 1 fully saturated rings. The molecule has 1 saturated heterocycles. The fraction of sp³-hybridized carbons (Fsp3) is 0.553. The van der Waals surface area contributed by atoms with Crippen LogP contribution in [0.2, 0.25) is 18.1 Å². The molecule has 2 aliphatic heterocycles. The highest BCUT2D eigenvalue weighted by Gasteiger charge is 2.46. The molecule has 47 heavy (non-hydrogen) atoms. The zero-order valence-electron chi connectivity index (χ0n) is 29.6. The van der Waals surface area contributed by atoms with E-state index in [0.29, 0.717) is 25.3 Å². The van der Waals surface area contributed by atoms with E-state index in [1.54, 1.807) is 4.90 Å². The van der Waals surface area contributed by atoms with Gasteiger partial charge in [-0.25, -0.2) is 4.79 Å². The van der Waals surface area contributed by atoms with Crippen LogP contribution in [0.5, 0.6) is 0 Å². The number of Topliss-reactive ketones (excluding diaryl/α,β-unsaturated/α-hetero) is 1. The summed E-state index contributed by atoms with van der Waals surface area (Å²) in [5, 5.41) is -0.0879. The third-order valence-corrected chi connectivity index (χ3v) is 14.7. The van der Waals surface area contributed by atoms with Gasteiger partial charge in [-0.1, -0.05) is 89.2 Å². The standard InChI is InChI=1S/C38H54N2O6Si/c1-26(2)32(23-34(41)35(21-28-15-11-10-12-16-28)46-47(8,9)38(4,5)6)36(42)40-25-31(22-33(40)37(43)44-7)45-27(3)39-20-19-29-17-13-14-18-30(29)24-39/h10-18,26,31-33,35H,3,19-25H2,1-2,4-9H3/t31-,32+,33+,35+/m1/s1. The van der Waals surface area contributed by atoms with Crippen LogP contribution in [0.1, 0.15) is 64.2 Å². The molecular weight excluding hydrogens is 609 g/mol. The van der Waals surface area contributed by atoms with E-state index in [9.17, 15) is 14.4 Å². The number of ether oxygens (including phenoxy) is 2. The van der Waals surface area contributed by atoms with E-state index in [4.69, 9.17) is 13.9 Å². The number of carbonyl (C=O) groups is 3. The van der Waals surface area contributed by atoms with Gasteiger partial charge in [0.1, 0.15) is 18.2 Å². The number of esters is 1. The lowest BCUT2D eigenvalue weighted by atomic mass is 9.87. The molecule has 2 aromatic rings. The van der Waals surface area contributed by atoms with Crippen LogP contribution in [0, 0.1) is 11.8 Å². The fourth-order valence-electron chi connectivity index (χ4n) is 6.21. The molecular formula is C38H54N2O6Si. The molecule has 4 atom stereocenters. The SMILES string of the molecule is C=C(O[C@@H]1C[C@@H](C(=O)OC)N(C(=O)[C@@H](CC(=O)[C@H](Cc2ccccc2)O[Si](C)(C)C(C)(C)C)C(C)C)C1)N1CCc2ccccc2C1. The Bertz CT molecular complexity index is 1420. The average molecular weight is 663 g/mol. The quantitative estimate of drug-likeness (QED) is 0.137. The molecule has 0 saturated carbocycles. The molecule has 0 bridgehead atoms. The zero-order chi connectivity index (χ0) is 34.5. The van der Waals surface area contributed by atoms with E-state index in [2.05, 4.69) is 63.5 Å². The number of benzene rings is 2. The van der Waals surface area contributed by atoms with Crippen LogP contribution in [0.25, 0.3) is 0 Å². The minimum Gasteiger partial charge on any atom is -0.474 e. The third kappa shape index (κ3) is 8.93. The van der Waals surface area contributed by atoms with Gasteiger partial charge in [0.15, 0.2) is 20.0 Å². The van der Waals surface area contributed by atoms with Crippen LogP contribution in [-0.2, 0) is 47.7 Å². The highest BCUT2D eigenvalue weighted by Crippen LogP contribution is 2.38. The number of carbonyl (C=O) groups excluding carboxylic acids is 3. The number of ketones is 1. The minimum absolute atomic E-state index is 0.0262. The third-order valence-electron chi connectivity index (χ3n) is 10.2. The van der Waals surface area contributed by atoms with Gasteiger partial charge < -0.3 is 23.7 Å². The van der Waals surface area contributed by atoms with Gasteiger partial charge in [0.25, 0.3) is 0 Å². The summed E-state index contributed by atoms with van der Waals surface area (Å²) in [7, 11) is -0.979. The molecule has 0 unspecified atom stereocenters. The van der Waals surface area contributed by atoms with Crippen molar-refractivity contribution in [1.29, 1.82) is 0 Å². The molecule has 0 aromatic heterocycles. The van der Waals surface area contributed by atoms with Crippen molar-refractivity contribution in [3.05, 3.63) is 83.7 Å². The molecule has 0 N–H and O–H groups in total. The number of hydrogen-bond donors (Lipinski definition) is 0. The monoisotopic (exact) mass is 662 g/mol. The van der Waals surface area contributed by atoms with Crippen LogP contribution in [0.15, 0.2) is 67.1 Å². The van der Waals surface area contributed by atoms with E-state index in [0.717, 1.165) is 18.5 Å². The van der Waals surface area contributed by atoms with Crippen molar-refractivity contribution in [1.82, 2.24) is 9.80 Å². The Morgan fingerprint density at radius 1 is 1.00 bits per heavy atom. The summed E-state index contributed by atoms with van der Waals surface area (Å²) in [6.07, 6.45) is 0.566. The number of nitrogens with zero attached hydrogens (tertiary/aromatic N) is 2. The molecule has 2 aromatic carbocycles. The fourth-order valence-corrected chi connectivity index (χ4v) is 7.49. The van der Waals surface area contributed by atoms with Crippen molar-refractivity contribution in [2.24, 2.45) is 11.8 Å². The maximum atomic E-state index is 14.3. The normalized spacial score (nSPS) is 19.6. The van der Waals surface area contributed by atoms with Crippen LogP contribution < -0.4 is 0 Å². The minimum atomic E-state index is -2.31. The second-order valence-corrected chi connectivity index (χ2v) is 19.7. The second-order valence-electron chi connectivity index (χ2n) is 14.9. The number of hydrogen-bond acceptors (Lipinski definition) is 7. The number of rotatable bonds is 13.